The Kier molecular flexibility index (Phi) is 3.73. The van der Waals surface area contributed by atoms with Crippen molar-refractivity contribution in [2.24, 2.45) is 5.41 Å². The van der Waals surface area contributed by atoms with Crippen molar-refractivity contribution in [3.63, 3.8) is 0 Å². The number of rotatable bonds is 2. The van der Waals surface area contributed by atoms with Gasteiger partial charge in [-0.1, -0.05) is 20.8 Å². The average Bonchev–Trinajstić information content (AvgIpc) is 1.95. The number of alkyl halides is 3. The summed E-state index contributed by atoms with van der Waals surface area (Å²) in [6.07, 6.45) is -4.13. The maximum atomic E-state index is 12.1. The third-order valence-corrected chi connectivity index (χ3v) is 1.50. The molecular weight excluding hydrogens is 197 g/mol. The van der Waals surface area contributed by atoms with Gasteiger partial charge in [0.15, 0.2) is 5.78 Å². The highest BCUT2D eigenvalue weighted by Gasteiger charge is 2.37. The minimum absolute atomic E-state index is 0.486. The normalized spacial score (nSPS) is 14.1. The van der Waals surface area contributed by atoms with Gasteiger partial charge in [-0.2, -0.15) is 13.2 Å². The van der Waals surface area contributed by atoms with Gasteiger partial charge in [-0.05, 0) is 0 Å². The van der Waals surface area contributed by atoms with Gasteiger partial charge in [0.05, 0.1) is 7.11 Å². The van der Waals surface area contributed by atoms with Crippen LogP contribution in [0.4, 0.5) is 13.2 Å². The van der Waals surface area contributed by atoms with Crippen molar-refractivity contribution in [1.82, 2.24) is 0 Å². The lowest BCUT2D eigenvalue weighted by Crippen LogP contribution is -2.21. The van der Waals surface area contributed by atoms with Crippen molar-refractivity contribution in [2.45, 2.75) is 26.9 Å². The van der Waals surface area contributed by atoms with E-state index in [9.17, 15) is 18.0 Å². The Balaban J connectivity index is 4.89. The van der Waals surface area contributed by atoms with Crippen LogP contribution < -0.4 is 0 Å². The molecule has 0 aromatic rings. The number of hydrogen-bond acceptors (Lipinski definition) is 2. The first-order chi connectivity index (χ1) is 6.09. The highest BCUT2D eigenvalue weighted by atomic mass is 19.4. The van der Waals surface area contributed by atoms with Gasteiger partial charge >= 0.3 is 6.18 Å². The highest BCUT2D eigenvalue weighted by Crippen LogP contribution is 2.27. The fourth-order valence-corrected chi connectivity index (χ4v) is 0.592. The molecule has 0 aliphatic carbocycles. The molecule has 5 heteroatoms. The molecule has 0 fully saturated rings. The van der Waals surface area contributed by atoms with Gasteiger partial charge in [0.25, 0.3) is 0 Å². The molecule has 0 atom stereocenters. The first kappa shape index (κ1) is 13.0. The number of carbonyl (C=O) groups excluding carboxylic acids is 1. The molecule has 0 aromatic carbocycles. The van der Waals surface area contributed by atoms with E-state index in [1.165, 1.54) is 20.8 Å². The first-order valence-electron chi connectivity index (χ1n) is 3.96. The Bertz CT molecular complexity index is 246. The molecule has 14 heavy (non-hydrogen) atoms. The molecule has 0 N–H and O–H groups in total. The number of carbonyl (C=O) groups is 1. The average molecular weight is 210 g/mol. The predicted molar refractivity (Wildman–Crippen MR) is 45.6 cm³/mol. The van der Waals surface area contributed by atoms with E-state index in [4.69, 9.17) is 0 Å². The molecule has 0 radical (unpaired) electrons. The van der Waals surface area contributed by atoms with Crippen molar-refractivity contribution in [1.29, 1.82) is 0 Å². The molecule has 0 aliphatic heterocycles. The largest absolute Gasteiger partial charge is 0.492 e. The summed E-state index contributed by atoms with van der Waals surface area (Å²) in [5.74, 6) is -1.89. The molecule has 0 saturated heterocycles. The topological polar surface area (TPSA) is 26.3 Å². The second-order valence-electron chi connectivity index (χ2n) is 3.82. The third kappa shape index (κ3) is 3.81. The van der Waals surface area contributed by atoms with Crippen molar-refractivity contribution in [2.75, 3.05) is 7.11 Å². The number of hydrogen-bond donors (Lipinski definition) is 0. The zero-order valence-corrected chi connectivity index (χ0v) is 8.53. The summed E-state index contributed by atoms with van der Waals surface area (Å²) in [4.78, 5) is 11.2. The van der Waals surface area contributed by atoms with E-state index < -0.39 is 23.1 Å². The van der Waals surface area contributed by atoms with Crippen LogP contribution in [-0.2, 0) is 9.53 Å². The van der Waals surface area contributed by atoms with E-state index in [0.29, 0.717) is 6.08 Å². The lowest BCUT2D eigenvalue weighted by atomic mass is 9.90. The lowest BCUT2D eigenvalue weighted by Gasteiger charge is -2.15. The van der Waals surface area contributed by atoms with E-state index in [2.05, 4.69) is 4.74 Å². The van der Waals surface area contributed by atoms with Gasteiger partial charge in [-0.15, -0.1) is 0 Å². The van der Waals surface area contributed by atoms with Crippen LogP contribution in [0.25, 0.3) is 0 Å². The number of methoxy groups -OCH3 is 1. The van der Waals surface area contributed by atoms with Crippen LogP contribution in [0.2, 0.25) is 0 Å². The maximum Gasteiger partial charge on any atom is 0.449 e. The Morgan fingerprint density at radius 3 is 1.86 bits per heavy atom. The quantitative estimate of drug-likeness (QED) is 0.517. The Morgan fingerprint density at radius 2 is 1.64 bits per heavy atom. The molecule has 0 amide bonds. The lowest BCUT2D eigenvalue weighted by molar-refractivity contribution is -0.131. The summed E-state index contributed by atoms with van der Waals surface area (Å²) in [5, 5.41) is 0. The molecule has 0 spiro atoms. The monoisotopic (exact) mass is 210 g/mol. The van der Waals surface area contributed by atoms with Gasteiger partial charge in [-0.25, -0.2) is 0 Å². The molecule has 0 rings (SSSR count). The molecule has 0 aromatic heterocycles. The first-order valence-corrected chi connectivity index (χ1v) is 3.96. The minimum atomic E-state index is -4.62. The molecule has 0 aliphatic rings. The van der Waals surface area contributed by atoms with Crippen molar-refractivity contribution < 1.29 is 22.7 Å². The maximum absolute atomic E-state index is 12.1. The van der Waals surface area contributed by atoms with Crippen molar-refractivity contribution in [3.05, 3.63) is 11.8 Å². The fraction of sp³-hybridized carbons (Fsp3) is 0.667. The molecule has 82 valence electrons. The second-order valence-corrected chi connectivity index (χ2v) is 3.82. The van der Waals surface area contributed by atoms with Gasteiger partial charge in [0.1, 0.15) is 0 Å². The zero-order valence-electron chi connectivity index (χ0n) is 8.53. The van der Waals surface area contributed by atoms with Crippen LogP contribution in [0.5, 0.6) is 0 Å². The van der Waals surface area contributed by atoms with Crippen LogP contribution in [0.15, 0.2) is 11.8 Å². The summed E-state index contributed by atoms with van der Waals surface area (Å²) in [5.41, 5.74) is -0.838. The summed E-state index contributed by atoms with van der Waals surface area (Å²) >= 11 is 0. The van der Waals surface area contributed by atoms with E-state index in [1.807, 2.05) is 0 Å². The number of halogens is 3. The van der Waals surface area contributed by atoms with E-state index >= 15 is 0 Å². The molecule has 0 unspecified atom stereocenters. The van der Waals surface area contributed by atoms with Crippen LogP contribution in [0, 0.1) is 5.41 Å². The predicted octanol–water partition coefficient (Wildman–Crippen LogP) is 2.69. The Hall–Kier alpha value is -1.00. The fourth-order valence-electron chi connectivity index (χ4n) is 0.592. The molecule has 0 heterocycles. The van der Waals surface area contributed by atoms with Gasteiger partial charge in [0, 0.05) is 11.5 Å². The van der Waals surface area contributed by atoms with Crippen molar-refractivity contribution in [3.8, 4) is 0 Å². The number of ether oxygens (including phenoxy) is 1. The SMILES string of the molecule is COC(=CC(=O)C(C)(C)C)C(F)(F)F. The van der Waals surface area contributed by atoms with Crippen LogP contribution in [-0.4, -0.2) is 19.1 Å². The molecular formula is C9H13F3O2. The standard InChI is InChI=1S/C9H13F3O2/c1-8(2,3)6(13)5-7(14-4)9(10,11)12/h5H,1-4H3. The van der Waals surface area contributed by atoms with Crippen LogP contribution in [0.1, 0.15) is 20.8 Å². The zero-order chi connectivity index (χ0) is 11.6. The molecule has 2 nitrogen and oxygen atoms in total. The summed E-state index contributed by atoms with van der Waals surface area (Å²) < 4.78 is 40.5. The van der Waals surface area contributed by atoms with Gasteiger partial charge in [0.2, 0.25) is 5.76 Å². The van der Waals surface area contributed by atoms with E-state index in [1.54, 1.807) is 0 Å². The Labute approximate surface area is 80.7 Å². The molecule has 0 bridgehead atoms. The smallest absolute Gasteiger partial charge is 0.449 e. The Morgan fingerprint density at radius 1 is 1.21 bits per heavy atom. The number of ketones is 1. The van der Waals surface area contributed by atoms with Crippen LogP contribution in [0.3, 0.4) is 0 Å². The summed E-state index contributed by atoms with van der Waals surface area (Å²) in [6, 6.07) is 0. The number of allylic oxidation sites excluding steroid dienone is 2. The van der Waals surface area contributed by atoms with Gasteiger partial charge < -0.3 is 4.74 Å². The molecule has 0 saturated carbocycles. The summed E-state index contributed by atoms with van der Waals surface area (Å²) in [6.45, 7) is 4.61. The summed E-state index contributed by atoms with van der Waals surface area (Å²) in [7, 11) is 0.884. The van der Waals surface area contributed by atoms with E-state index in [0.717, 1.165) is 7.11 Å². The van der Waals surface area contributed by atoms with E-state index in [-0.39, 0.29) is 0 Å². The van der Waals surface area contributed by atoms with Crippen LogP contribution >= 0.6 is 0 Å². The second kappa shape index (κ2) is 4.02. The highest BCUT2D eigenvalue weighted by molar-refractivity contribution is 5.94. The van der Waals surface area contributed by atoms with Crippen molar-refractivity contribution >= 4 is 5.78 Å². The van der Waals surface area contributed by atoms with Gasteiger partial charge in [-0.3, -0.25) is 4.79 Å². The minimum Gasteiger partial charge on any atom is -0.492 e. The third-order valence-electron chi connectivity index (χ3n) is 1.50.